The van der Waals surface area contributed by atoms with Crippen molar-refractivity contribution >= 4 is 50.2 Å². The van der Waals surface area contributed by atoms with Crippen molar-refractivity contribution in [1.82, 2.24) is 0 Å². The van der Waals surface area contributed by atoms with E-state index in [1.165, 1.54) is 5.56 Å². The Bertz CT molecular complexity index is 499. The first-order valence-corrected chi connectivity index (χ1v) is 7.62. The van der Waals surface area contributed by atoms with Gasteiger partial charge in [-0.05, 0) is 52.4 Å². The highest BCUT2D eigenvalue weighted by Gasteiger charge is 2.18. The number of hydrogen-bond donors (Lipinski definition) is 1. The molecule has 2 heterocycles. The van der Waals surface area contributed by atoms with Gasteiger partial charge in [-0.2, -0.15) is 0 Å². The van der Waals surface area contributed by atoms with Crippen LogP contribution in [-0.4, -0.2) is 0 Å². The van der Waals surface area contributed by atoms with Crippen molar-refractivity contribution in [3.05, 3.63) is 41.1 Å². The van der Waals surface area contributed by atoms with Crippen LogP contribution < -0.4 is 5.73 Å². The second-order valence-electron chi connectivity index (χ2n) is 3.68. The Morgan fingerprint density at radius 2 is 2.06 bits per heavy atom. The molecule has 1 nitrogen and oxygen atoms in total. The normalized spacial score (nSPS) is 13.1. The van der Waals surface area contributed by atoms with Crippen LogP contribution in [0.1, 0.15) is 26.9 Å². The van der Waals surface area contributed by atoms with Gasteiger partial charge < -0.3 is 5.73 Å². The molecule has 2 rings (SSSR count). The molecule has 0 bridgehead atoms. The topological polar surface area (TPSA) is 26.0 Å². The van der Waals surface area contributed by atoms with Crippen molar-refractivity contribution in [2.45, 2.75) is 19.9 Å². The molecule has 0 amide bonds. The molecule has 0 aliphatic heterocycles. The summed E-state index contributed by atoms with van der Waals surface area (Å²) in [4.78, 5) is 2.20. The summed E-state index contributed by atoms with van der Waals surface area (Å²) >= 11 is 13.0. The highest BCUT2D eigenvalue weighted by Crippen LogP contribution is 2.38. The summed E-state index contributed by atoms with van der Waals surface area (Å²) < 4.78 is 1.14. The third kappa shape index (κ3) is 2.22. The Balaban J connectivity index is 2.38. The Hall–Kier alpha value is 0.130. The fourth-order valence-corrected chi connectivity index (χ4v) is 4.41. The Labute approximate surface area is 116 Å². The summed E-state index contributed by atoms with van der Waals surface area (Å²) in [6.45, 7) is 4.07. The van der Waals surface area contributed by atoms with E-state index < -0.39 is 0 Å². The van der Waals surface area contributed by atoms with Gasteiger partial charge in [0.25, 0.3) is 0 Å². The third-order valence-corrected chi connectivity index (χ3v) is 6.41. The van der Waals surface area contributed by atoms with Gasteiger partial charge in [-0.15, -0.1) is 22.7 Å². The van der Waals surface area contributed by atoms with E-state index in [9.17, 15) is 0 Å². The minimum absolute atomic E-state index is 0.110. The number of rotatable bonds is 2. The first kappa shape index (κ1) is 12.6. The average molecular weight is 337 g/mol. The summed E-state index contributed by atoms with van der Waals surface area (Å²) in [5, 5.41) is 2.85. The monoisotopic (exact) mass is 335 g/mol. The number of aryl methyl sites for hydroxylation is 2. The first-order chi connectivity index (χ1) is 7.50. The molecular formula is C11H11BrClNS2. The van der Waals surface area contributed by atoms with E-state index in [1.807, 2.05) is 12.3 Å². The Morgan fingerprint density at radius 3 is 2.50 bits per heavy atom. The second-order valence-corrected chi connectivity index (χ2v) is 7.37. The standard InChI is InChI=1S/C11H11BrClNS2/c1-5-3-7(16-11(5)12)9(14)10-8(13)6(2)4-15-10/h3-4,9H,14H2,1-2H3. The lowest BCUT2D eigenvalue weighted by Crippen LogP contribution is -2.08. The number of nitrogens with two attached hydrogens (primary N) is 1. The summed E-state index contributed by atoms with van der Waals surface area (Å²) in [7, 11) is 0. The van der Waals surface area contributed by atoms with Crippen LogP contribution in [0.3, 0.4) is 0 Å². The van der Waals surface area contributed by atoms with Crippen LogP contribution in [0, 0.1) is 13.8 Å². The molecule has 0 aromatic carbocycles. The predicted molar refractivity (Wildman–Crippen MR) is 76.9 cm³/mol. The SMILES string of the molecule is Cc1cc(C(N)c2scc(C)c2Cl)sc1Br. The maximum Gasteiger partial charge on any atom is 0.0755 e. The van der Waals surface area contributed by atoms with Crippen LogP contribution in [0.15, 0.2) is 15.2 Å². The van der Waals surface area contributed by atoms with Crippen molar-refractivity contribution in [3.8, 4) is 0 Å². The van der Waals surface area contributed by atoms with E-state index in [-0.39, 0.29) is 6.04 Å². The number of thiophene rings is 2. The summed E-state index contributed by atoms with van der Waals surface area (Å²) in [5.41, 5.74) is 8.55. The van der Waals surface area contributed by atoms with Crippen molar-refractivity contribution in [2.75, 3.05) is 0 Å². The smallest absolute Gasteiger partial charge is 0.0755 e. The van der Waals surface area contributed by atoms with E-state index in [2.05, 4.69) is 28.9 Å². The van der Waals surface area contributed by atoms with Crippen LogP contribution >= 0.6 is 50.2 Å². The lowest BCUT2D eigenvalue weighted by molar-refractivity contribution is 0.915. The molecule has 0 saturated carbocycles. The average Bonchev–Trinajstić information content (AvgIpc) is 2.73. The molecule has 86 valence electrons. The van der Waals surface area contributed by atoms with Gasteiger partial charge in [-0.25, -0.2) is 0 Å². The molecule has 2 N–H and O–H groups in total. The molecule has 2 aromatic rings. The Kier molecular flexibility index (Phi) is 3.76. The van der Waals surface area contributed by atoms with Crippen molar-refractivity contribution in [2.24, 2.45) is 5.73 Å². The van der Waals surface area contributed by atoms with Crippen LogP contribution in [0.2, 0.25) is 5.02 Å². The first-order valence-electron chi connectivity index (χ1n) is 4.75. The molecular weight excluding hydrogens is 326 g/mol. The fraction of sp³-hybridized carbons (Fsp3) is 0.273. The zero-order chi connectivity index (χ0) is 11.9. The van der Waals surface area contributed by atoms with Gasteiger partial charge in [0.1, 0.15) is 0 Å². The minimum atomic E-state index is -0.110. The lowest BCUT2D eigenvalue weighted by Gasteiger charge is -2.07. The molecule has 1 unspecified atom stereocenters. The quantitative estimate of drug-likeness (QED) is 0.830. The highest BCUT2D eigenvalue weighted by molar-refractivity contribution is 9.11. The molecule has 0 saturated heterocycles. The number of hydrogen-bond acceptors (Lipinski definition) is 3. The minimum Gasteiger partial charge on any atom is -0.319 e. The predicted octanol–water partition coefficient (Wildman–Crippen LogP) is 4.89. The molecule has 0 aliphatic rings. The molecule has 1 atom stereocenters. The summed E-state index contributed by atoms with van der Waals surface area (Å²) in [5.74, 6) is 0. The van der Waals surface area contributed by atoms with Crippen LogP contribution in [0.4, 0.5) is 0 Å². The van der Waals surface area contributed by atoms with Crippen molar-refractivity contribution < 1.29 is 0 Å². The maximum atomic E-state index is 6.23. The highest BCUT2D eigenvalue weighted by atomic mass is 79.9. The zero-order valence-corrected chi connectivity index (χ0v) is 12.9. The van der Waals surface area contributed by atoms with Gasteiger partial charge in [0, 0.05) is 9.75 Å². The van der Waals surface area contributed by atoms with Gasteiger partial charge in [-0.3, -0.25) is 0 Å². The van der Waals surface area contributed by atoms with E-state index in [1.54, 1.807) is 22.7 Å². The zero-order valence-electron chi connectivity index (χ0n) is 8.88. The number of halogens is 2. The molecule has 16 heavy (non-hydrogen) atoms. The van der Waals surface area contributed by atoms with E-state index in [0.29, 0.717) is 0 Å². The van der Waals surface area contributed by atoms with Gasteiger partial charge in [0.15, 0.2) is 0 Å². The maximum absolute atomic E-state index is 6.23. The molecule has 0 aliphatic carbocycles. The van der Waals surface area contributed by atoms with Gasteiger partial charge in [0.05, 0.1) is 14.9 Å². The van der Waals surface area contributed by atoms with E-state index in [0.717, 1.165) is 24.1 Å². The second kappa shape index (κ2) is 4.78. The van der Waals surface area contributed by atoms with Gasteiger partial charge in [-0.1, -0.05) is 11.6 Å². The van der Waals surface area contributed by atoms with Crippen molar-refractivity contribution in [3.63, 3.8) is 0 Å². The lowest BCUT2D eigenvalue weighted by atomic mass is 10.2. The third-order valence-electron chi connectivity index (χ3n) is 2.39. The molecule has 0 fully saturated rings. The van der Waals surface area contributed by atoms with Crippen molar-refractivity contribution in [1.29, 1.82) is 0 Å². The van der Waals surface area contributed by atoms with Crippen LogP contribution in [0.5, 0.6) is 0 Å². The summed E-state index contributed by atoms with van der Waals surface area (Å²) in [6.07, 6.45) is 0. The molecule has 5 heteroatoms. The molecule has 0 spiro atoms. The van der Waals surface area contributed by atoms with Gasteiger partial charge in [0.2, 0.25) is 0 Å². The molecule has 0 radical (unpaired) electrons. The van der Waals surface area contributed by atoms with Gasteiger partial charge >= 0.3 is 0 Å². The largest absolute Gasteiger partial charge is 0.319 e. The Morgan fingerprint density at radius 1 is 1.38 bits per heavy atom. The fourth-order valence-electron chi connectivity index (χ4n) is 1.43. The van der Waals surface area contributed by atoms with Crippen LogP contribution in [-0.2, 0) is 0 Å². The molecule has 2 aromatic heterocycles. The van der Waals surface area contributed by atoms with E-state index in [4.69, 9.17) is 17.3 Å². The van der Waals surface area contributed by atoms with E-state index >= 15 is 0 Å². The summed E-state index contributed by atoms with van der Waals surface area (Å²) in [6, 6.07) is 2.01. The van der Waals surface area contributed by atoms with Crippen LogP contribution in [0.25, 0.3) is 0 Å².